The van der Waals surface area contributed by atoms with Crippen LogP contribution in [0.1, 0.15) is 19.3 Å². The van der Waals surface area contributed by atoms with Gasteiger partial charge in [0, 0.05) is 37.9 Å². The number of piperidine rings is 1. The lowest BCUT2D eigenvalue weighted by molar-refractivity contribution is -0.137. The van der Waals surface area contributed by atoms with E-state index in [1.165, 1.54) is 18.2 Å². The molecule has 2 unspecified atom stereocenters. The number of hydrogen-bond donors (Lipinski definition) is 1. The van der Waals surface area contributed by atoms with Gasteiger partial charge in [-0.05, 0) is 49.7 Å². The van der Waals surface area contributed by atoms with Crippen molar-refractivity contribution in [3.8, 4) is 0 Å². The monoisotopic (exact) mass is 525 g/mol. The third kappa shape index (κ3) is 5.86. The van der Waals surface area contributed by atoms with Gasteiger partial charge in [-0.2, -0.15) is 0 Å². The van der Waals surface area contributed by atoms with E-state index in [2.05, 4.69) is 22.3 Å². The molecule has 1 N–H and O–H groups in total. The highest BCUT2D eigenvalue weighted by atomic mass is 35.5. The number of para-hydroxylation sites is 1. The topological polar surface area (TPSA) is 78.9 Å². The number of carbonyl (C=O) groups excluding carboxylic acids is 1. The van der Waals surface area contributed by atoms with Crippen molar-refractivity contribution in [2.45, 2.75) is 35.6 Å². The molecule has 10 heteroatoms. The molecule has 1 amide bonds. The molecule has 2 fully saturated rings. The van der Waals surface area contributed by atoms with Gasteiger partial charge >= 0.3 is 0 Å². The maximum absolute atomic E-state index is 13.5. The summed E-state index contributed by atoms with van der Waals surface area (Å²) in [5, 5.41) is 3.69. The van der Waals surface area contributed by atoms with Crippen molar-refractivity contribution < 1.29 is 17.9 Å². The van der Waals surface area contributed by atoms with E-state index in [-0.39, 0.29) is 27.5 Å². The van der Waals surface area contributed by atoms with Crippen LogP contribution in [0.3, 0.4) is 0 Å². The lowest BCUT2D eigenvalue weighted by Gasteiger charge is -2.36. The van der Waals surface area contributed by atoms with Crippen LogP contribution < -0.4 is 10.2 Å². The van der Waals surface area contributed by atoms with Gasteiger partial charge < -0.3 is 19.9 Å². The van der Waals surface area contributed by atoms with Gasteiger partial charge in [0.1, 0.15) is 6.61 Å². The third-order valence-electron chi connectivity index (χ3n) is 6.33. The SMILES string of the molecule is O=C(COC(C1CCCCN1)S(=O)(=O)c1ccc(Cl)c(Cl)c1)N1CCN(c2ccccc2)CC1. The Morgan fingerprint density at radius 1 is 1.03 bits per heavy atom. The standard InChI is InChI=1S/C24H29Cl2N3O4S/c25-20-10-9-19(16-21(20)26)34(31,32)24(22-8-4-5-11-27-22)33-17-23(30)29-14-12-28(13-15-29)18-6-2-1-3-7-18/h1-3,6-7,9-10,16,22,24,27H,4-5,8,11-15,17H2. The zero-order chi connectivity index (χ0) is 24.1. The highest BCUT2D eigenvalue weighted by Gasteiger charge is 2.37. The molecular formula is C24H29Cl2N3O4S. The number of sulfone groups is 1. The van der Waals surface area contributed by atoms with Gasteiger partial charge in [-0.1, -0.05) is 47.8 Å². The summed E-state index contributed by atoms with van der Waals surface area (Å²) in [6.45, 7) is 2.95. The van der Waals surface area contributed by atoms with Crippen LogP contribution in [0.5, 0.6) is 0 Å². The van der Waals surface area contributed by atoms with Crippen LogP contribution in [0, 0.1) is 0 Å². The molecular weight excluding hydrogens is 497 g/mol. The van der Waals surface area contributed by atoms with Gasteiger partial charge in [0.2, 0.25) is 15.7 Å². The van der Waals surface area contributed by atoms with Gasteiger partial charge in [-0.3, -0.25) is 4.79 Å². The average molecular weight is 526 g/mol. The van der Waals surface area contributed by atoms with Crippen molar-refractivity contribution in [2.24, 2.45) is 0 Å². The summed E-state index contributed by atoms with van der Waals surface area (Å²) in [4.78, 5) is 16.9. The zero-order valence-corrected chi connectivity index (χ0v) is 21.2. The van der Waals surface area contributed by atoms with Gasteiger partial charge in [0.15, 0.2) is 5.44 Å². The Bertz CT molecular complexity index is 1090. The second kappa shape index (κ2) is 11.3. The van der Waals surface area contributed by atoms with Crippen LogP contribution in [-0.2, 0) is 19.4 Å². The van der Waals surface area contributed by atoms with E-state index in [1.54, 1.807) is 4.90 Å². The summed E-state index contributed by atoms with van der Waals surface area (Å²) in [6, 6.07) is 13.9. The van der Waals surface area contributed by atoms with E-state index in [4.69, 9.17) is 27.9 Å². The Kier molecular flexibility index (Phi) is 8.37. The lowest BCUT2D eigenvalue weighted by atomic mass is 10.1. The summed E-state index contributed by atoms with van der Waals surface area (Å²) in [6.07, 6.45) is 2.51. The average Bonchev–Trinajstić information content (AvgIpc) is 2.87. The number of piperazine rings is 1. The van der Waals surface area contributed by atoms with Gasteiger partial charge in [0.05, 0.1) is 14.9 Å². The highest BCUT2D eigenvalue weighted by molar-refractivity contribution is 7.92. The minimum absolute atomic E-state index is 0.0307. The van der Waals surface area contributed by atoms with Crippen molar-refractivity contribution >= 4 is 44.6 Å². The number of rotatable bonds is 7. The number of amides is 1. The maximum atomic E-state index is 13.5. The molecule has 2 aliphatic heterocycles. The van der Waals surface area contributed by atoms with Gasteiger partial charge in [-0.15, -0.1) is 0 Å². The van der Waals surface area contributed by atoms with E-state index in [0.29, 0.717) is 39.1 Å². The summed E-state index contributed by atoms with van der Waals surface area (Å²) >= 11 is 12.1. The number of carbonyl (C=O) groups is 1. The fourth-order valence-corrected chi connectivity index (χ4v) is 6.50. The number of nitrogens with zero attached hydrogens (tertiary/aromatic N) is 2. The minimum atomic E-state index is -3.92. The van der Waals surface area contributed by atoms with Crippen LogP contribution in [0.2, 0.25) is 10.0 Å². The molecule has 4 rings (SSSR count). The molecule has 2 aliphatic rings. The Morgan fingerprint density at radius 3 is 2.41 bits per heavy atom. The Labute approximate surface area is 210 Å². The number of ether oxygens (including phenoxy) is 1. The summed E-state index contributed by atoms with van der Waals surface area (Å²) in [5.74, 6) is -0.210. The van der Waals surface area contributed by atoms with Crippen molar-refractivity contribution in [2.75, 3.05) is 44.2 Å². The smallest absolute Gasteiger partial charge is 0.248 e. The largest absolute Gasteiger partial charge is 0.368 e. The number of hydrogen-bond acceptors (Lipinski definition) is 6. The molecule has 0 radical (unpaired) electrons. The van der Waals surface area contributed by atoms with Crippen molar-refractivity contribution in [3.05, 3.63) is 58.6 Å². The molecule has 0 aromatic heterocycles. The predicted molar refractivity (Wildman–Crippen MR) is 134 cm³/mol. The predicted octanol–water partition coefficient (Wildman–Crippen LogP) is 3.60. The van der Waals surface area contributed by atoms with E-state index in [1.807, 2.05) is 18.2 Å². The molecule has 2 aromatic rings. The van der Waals surface area contributed by atoms with Gasteiger partial charge in [-0.25, -0.2) is 8.42 Å². The Morgan fingerprint density at radius 2 is 1.76 bits per heavy atom. The molecule has 0 spiro atoms. The number of anilines is 1. The molecule has 2 heterocycles. The number of halogens is 2. The van der Waals surface area contributed by atoms with Crippen LogP contribution in [-0.4, -0.2) is 70.0 Å². The minimum Gasteiger partial charge on any atom is -0.368 e. The number of nitrogens with one attached hydrogen (secondary N) is 1. The number of benzene rings is 2. The van der Waals surface area contributed by atoms with Crippen LogP contribution in [0.15, 0.2) is 53.4 Å². The first kappa shape index (κ1) is 25.3. The van der Waals surface area contributed by atoms with E-state index >= 15 is 0 Å². The van der Waals surface area contributed by atoms with Gasteiger partial charge in [0.25, 0.3) is 0 Å². The molecule has 2 atom stereocenters. The van der Waals surface area contributed by atoms with E-state index in [0.717, 1.165) is 18.5 Å². The van der Waals surface area contributed by atoms with Crippen LogP contribution in [0.4, 0.5) is 5.69 Å². The van der Waals surface area contributed by atoms with E-state index < -0.39 is 21.3 Å². The summed E-state index contributed by atoms with van der Waals surface area (Å²) in [5.41, 5.74) is -0.0680. The molecule has 184 valence electrons. The highest BCUT2D eigenvalue weighted by Crippen LogP contribution is 2.29. The van der Waals surface area contributed by atoms with Crippen molar-refractivity contribution in [3.63, 3.8) is 0 Å². The van der Waals surface area contributed by atoms with Crippen molar-refractivity contribution in [1.82, 2.24) is 10.2 Å². The second-order valence-electron chi connectivity index (χ2n) is 8.56. The second-order valence-corrected chi connectivity index (χ2v) is 11.4. The Hall–Kier alpha value is -1.84. The van der Waals surface area contributed by atoms with Crippen LogP contribution >= 0.6 is 23.2 Å². The van der Waals surface area contributed by atoms with E-state index in [9.17, 15) is 13.2 Å². The summed E-state index contributed by atoms with van der Waals surface area (Å²) in [7, 11) is -3.92. The van der Waals surface area contributed by atoms with Crippen LogP contribution in [0.25, 0.3) is 0 Å². The summed E-state index contributed by atoms with van der Waals surface area (Å²) < 4.78 is 32.8. The molecule has 2 aromatic carbocycles. The van der Waals surface area contributed by atoms with Crippen molar-refractivity contribution in [1.29, 1.82) is 0 Å². The molecule has 7 nitrogen and oxygen atoms in total. The molecule has 0 saturated carbocycles. The fourth-order valence-electron chi connectivity index (χ4n) is 4.42. The maximum Gasteiger partial charge on any atom is 0.248 e. The molecule has 0 aliphatic carbocycles. The third-order valence-corrected chi connectivity index (χ3v) is 9.05. The quantitative estimate of drug-likeness (QED) is 0.594. The lowest BCUT2D eigenvalue weighted by Crippen LogP contribution is -2.52. The zero-order valence-electron chi connectivity index (χ0n) is 18.8. The Balaban J connectivity index is 1.42. The normalized spacial score (nSPS) is 20.2. The molecule has 34 heavy (non-hydrogen) atoms. The first-order valence-corrected chi connectivity index (χ1v) is 13.8. The first-order valence-electron chi connectivity index (χ1n) is 11.5. The fraction of sp³-hybridized carbons (Fsp3) is 0.458. The molecule has 0 bridgehead atoms. The molecule has 2 saturated heterocycles. The first-order chi connectivity index (χ1) is 16.4.